The summed E-state index contributed by atoms with van der Waals surface area (Å²) in [4.78, 5) is 0. The predicted octanol–water partition coefficient (Wildman–Crippen LogP) is 0.951. The van der Waals surface area contributed by atoms with E-state index in [1.54, 1.807) is 0 Å². The zero-order chi connectivity index (χ0) is 8.77. The maximum absolute atomic E-state index is 5.58. The van der Waals surface area contributed by atoms with Gasteiger partial charge in [0.1, 0.15) is 12.3 Å². The van der Waals surface area contributed by atoms with Crippen molar-refractivity contribution in [1.82, 2.24) is 5.32 Å². The lowest BCUT2D eigenvalue weighted by molar-refractivity contribution is 0.0342. The van der Waals surface area contributed by atoms with E-state index in [2.05, 4.69) is 26.1 Å². The molecule has 0 aromatic carbocycles. The maximum Gasteiger partial charge on any atom is 0.136 e. The standard InChI is InChI=1S/C9H17NO2/c1-9(2,3)6-4-11-8-7(6)12-5-10-8/h6-8,10H,4-5H2,1-3H3. The fourth-order valence-corrected chi connectivity index (χ4v) is 1.96. The highest BCUT2D eigenvalue weighted by molar-refractivity contribution is 4.92. The van der Waals surface area contributed by atoms with Gasteiger partial charge in [-0.25, -0.2) is 0 Å². The highest BCUT2D eigenvalue weighted by Gasteiger charge is 2.46. The summed E-state index contributed by atoms with van der Waals surface area (Å²) < 4.78 is 11.2. The van der Waals surface area contributed by atoms with Crippen LogP contribution in [0.4, 0.5) is 0 Å². The lowest BCUT2D eigenvalue weighted by Gasteiger charge is -2.29. The van der Waals surface area contributed by atoms with Crippen LogP contribution >= 0.6 is 0 Å². The van der Waals surface area contributed by atoms with Crippen molar-refractivity contribution in [3.63, 3.8) is 0 Å². The summed E-state index contributed by atoms with van der Waals surface area (Å²) in [5.41, 5.74) is 0.283. The molecule has 0 aromatic heterocycles. The molecule has 0 spiro atoms. The molecule has 3 heteroatoms. The van der Waals surface area contributed by atoms with Gasteiger partial charge in [0.15, 0.2) is 0 Å². The third kappa shape index (κ3) is 1.26. The Bertz CT molecular complexity index is 176. The third-order valence-electron chi connectivity index (χ3n) is 2.82. The Labute approximate surface area is 73.4 Å². The summed E-state index contributed by atoms with van der Waals surface area (Å²) in [6.45, 7) is 8.19. The molecule has 0 bridgehead atoms. The van der Waals surface area contributed by atoms with Crippen LogP contribution in [0.2, 0.25) is 0 Å². The Kier molecular flexibility index (Phi) is 1.90. The van der Waals surface area contributed by atoms with Crippen LogP contribution in [0.3, 0.4) is 0 Å². The number of hydrogen-bond donors (Lipinski definition) is 1. The zero-order valence-corrected chi connectivity index (χ0v) is 7.96. The number of nitrogens with one attached hydrogen (secondary N) is 1. The summed E-state index contributed by atoms with van der Waals surface area (Å²) >= 11 is 0. The van der Waals surface area contributed by atoms with E-state index < -0.39 is 0 Å². The van der Waals surface area contributed by atoms with Crippen LogP contribution in [0.15, 0.2) is 0 Å². The number of fused-ring (bicyclic) bond motifs is 1. The van der Waals surface area contributed by atoms with Gasteiger partial charge in [0.25, 0.3) is 0 Å². The van der Waals surface area contributed by atoms with Gasteiger partial charge in [0, 0.05) is 5.92 Å². The van der Waals surface area contributed by atoms with Crippen LogP contribution in [0, 0.1) is 11.3 Å². The van der Waals surface area contributed by atoms with Gasteiger partial charge in [-0.15, -0.1) is 0 Å². The second-order valence-corrected chi connectivity index (χ2v) is 4.71. The average molecular weight is 171 g/mol. The molecular formula is C9H17NO2. The van der Waals surface area contributed by atoms with Crippen molar-refractivity contribution in [2.75, 3.05) is 13.3 Å². The topological polar surface area (TPSA) is 30.5 Å². The number of ether oxygens (including phenoxy) is 2. The summed E-state index contributed by atoms with van der Waals surface area (Å²) in [6, 6.07) is 0. The van der Waals surface area contributed by atoms with Gasteiger partial charge in [-0.2, -0.15) is 0 Å². The van der Waals surface area contributed by atoms with Crippen LogP contribution in [0.5, 0.6) is 0 Å². The second kappa shape index (κ2) is 2.69. The number of hydrogen-bond acceptors (Lipinski definition) is 3. The minimum Gasteiger partial charge on any atom is -0.360 e. The van der Waals surface area contributed by atoms with Crippen LogP contribution in [0.25, 0.3) is 0 Å². The Morgan fingerprint density at radius 2 is 2.00 bits per heavy atom. The first kappa shape index (κ1) is 8.48. The average Bonchev–Trinajstić information content (AvgIpc) is 2.37. The molecule has 0 amide bonds. The highest BCUT2D eigenvalue weighted by atomic mass is 16.6. The Morgan fingerprint density at radius 1 is 1.25 bits per heavy atom. The molecule has 0 saturated carbocycles. The Hall–Kier alpha value is -0.120. The van der Waals surface area contributed by atoms with Crippen molar-refractivity contribution >= 4 is 0 Å². The van der Waals surface area contributed by atoms with Crippen molar-refractivity contribution in [1.29, 1.82) is 0 Å². The first-order valence-electron chi connectivity index (χ1n) is 4.55. The third-order valence-corrected chi connectivity index (χ3v) is 2.82. The van der Waals surface area contributed by atoms with Crippen LogP contribution in [-0.2, 0) is 9.47 Å². The fraction of sp³-hybridized carbons (Fsp3) is 1.00. The molecule has 2 fully saturated rings. The minimum atomic E-state index is 0.147. The Balaban J connectivity index is 2.09. The fourth-order valence-electron chi connectivity index (χ4n) is 1.96. The van der Waals surface area contributed by atoms with Crippen molar-refractivity contribution in [3.8, 4) is 0 Å². The van der Waals surface area contributed by atoms with E-state index in [1.165, 1.54) is 0 Å². The molecule has 3 atom stereocenters. The highest BCUT2D eigenvalue weighted by Crippen LogP contribution is 2.37. The second-order valence-electron chi connectivity index (χ2n) is 4.71. The van der Waals surface area contributed by atoms with Gasteiger partial charge in [0.2, 0.25) is 0 Å². The van der Waals surface area contributed by atoms with Gasteiger partial charge >= 0.3 is 0 Å². The molecule has 0 aromatic rings. The summed E-state index contributed by atoms with van der Waals surface area (Å²) in [5.74, 6) is 0.525. The molecule has 3 nitrogen and oxygen atoms in total. The maximum atomic E-state index is 5.58. The molecule has 12 heavy (non-hydrogen) atoms. The minimum absolute atomic E-state index is 0.147. The lowest BCUT2D eigenvalue weighted by Crippen LogP contribution is -2.34. The van der Waals surface area contributed by atoms with Crippen LogP contribution < -0.4 is 5.32 Å². The molecule has 2 aliphatic heterocycles. The molecule has 2 aliphatic rings. The van der Waals surface area contributed by atoms with Gasteiger partial charge < -0.3 is 9.47 Å². The van der Waals surface area contributed by atoms with E-state index in [1.807, 2.05) is 0 Å². The molecule has 2 saturated heterocycles. The van der Waals surface area contributed by atoms with Gasteiger partial charge in [-0.05, 0) is 5.41 Å². The van der Waals surface area contributed by atoms with Crippen LogP contribution in [0.1, 0.15) is 20.8 Å². The molecule has 2 rings (SSSR count). The largest absolute Gasteiger partial charge is 0.360 e. The monoisotopic (exact) mass is 171 g/mol. The molecule has 1 N–H and O–H groups in total. The normalized spacial score (nSPS) is 41.8. The smallest absolute Gasteiger partial charge is 0.136 e. The summed E-state index contributed by atoms with van der Waals surface area (Å²) in [7, 11) is 0. The van der Waals surface area contributed by atoms with Crippen molar-refractivity contribution < 1.29 is 9.47 Å². The van der Waals surface area contributed by atoms with Gasteiger partial charge in [0.05, 0.1) is 13.3 Å². The first-order chi connectivity index (χ1) is 5.59. The van der Waals surface area contributed by atoms with E-state index in [9.17, 15) is 0 Å². The van der Waals surface area contributed by atoms with Crippen molar-refractivity contribution in [3.05, 3.63) is 0 Å². The van der Waals surface area contributed by atoms with E-state index in [0.717, 1.165) is 6.61 Å². The van der Waals surface area contributed by atoms with E-state index in [4.69, 9.17) is 9.47 Å². The quantitative estimate of drug-likeness (QED) is 0.588. The molecular weight excluding hydrogens is 154 g/mol. The van der Waals surface area contributed by atoms with Gasteiger partial charge in [-0.3, -0.25) is 5.32 Å². The molecule has 70 valence electrons. The van der Waals surface area contributed by atoms with Crippen molar-refractivity contribution in [2.45, 2.75) is 33.1 Å². The summed E-state index contributed by atoms with van der Waals surface area (Å²) in [5, 5.41) is 3.18. The van der Waals surface area contributed by atoms with E-state index in [-0.39, 0.29) is 17.7 Å². The molecule has 0 radical (unpaired) electrons. The zero-order valence-electron chi connectivity index (χ0n) is 7.96. The molecule has 3 unspecified atom stereocenters. The van der Waals surface area contributed by atoms with Crippen molar-refractivity contribution in [2.24, 2.45) is 11.3 Å². The lowest BCUT2D eigenvalue weighted by atomic mass is 9.78. The van der Waals surface area contributed by atoms with Crippen LogP contribution in [-0.4, -0.2) is 25.7 Å². The summed E-state index contributed by atoms with van der Waals surface area (Å²) in [6.07, 6.45) is 0.416. The van der Waals surface area contributed by atoms with E-state index >= 15 is 0 Å². The Morgan fingerprint density at radius 3 is 2.67 bits per heavy atom. The SMILES string of the molecule is CC(C)(C)C1COC2NCOC21. The van der Waals surface area contributed by atoms with Gasteiger partial charge in [-0.1, -0.05) is 20.8 Å². The predicted molar refractivity (Wildman–Crippen MR) is 45.6 cm³/mol. The molecule has 2 heterocycles. The van der Waals surface area contributed by atoms with E-state index in [0.29, 0.717) is 12.6 Å². The number of rotatable bonds is 0. The molecule has 0 aliphatic carbocycles. The first-order valence-corrected chi connectivity index (χ1v) is 4.55.